The molecule has 0 saturated heterocycles. The zero-order chi connectivity index (χ0) is 10.6. The Bertz CT molecular complexity index is 325. The van der Waals surface area contributed by atoms with E-state index in [1.807, 2.05) is 6.07 Å². The molecule has 4 nitrogen and oxygen atoms in total. The molecule has 0 bridgehead atoms. The minimum absolute atomic E-state index is 0.548. The molecule has 78 valence electrons. The first-order valence-corrected chi connectivity index (χ1v) is 6.09. The molecule has 0 amide bonds. The molecule has 0 aliphatic heterocycles. The smallest absolute Gasteiger partial charge is 0.329 e. The molecule has 0 spiro atoms. The maximum Gasteiger partial charge on any atom is 0.329 e. The van der Waals surface area contributed by atoms with Gasteiger partial charge in [-0.15, -0.1) is 0 Å². The fraction of sp³-hybridized carbons (Fsp3) is 0.333. The SMILES string of the molecule is COP(C)(=O)OC(O)c1ccccc1. The van der Waals surface area contributed by atoms with Gasteiger partial charge in [-0.05, 0) is 0 Å². The molecule has 1 aromatic carbocycles. The molecule has 2 unspecified atom stereocenters. The molecule has 0 heterocycles. The zero-order valence-corrected chi connectivity index (χ0v) is 8.98. The Hall–Kier alpha value is -0.670. The van der Waals surface area contributed by atoms with Gasteiger partial charge in [-0.25, -0.2) is 0 Å². The monoisotopic (exact) mass is 216 g/mol. The highest BCUT2D eigenvalue weighted by molar-refractivity contribution is 7.52. The van der Waals surface area contributed by atoms with Gasteiger partial charge in [0.2, 0.25) is 0 Å². The lowest BCUT2D eigenvalue weighted by molar-refractivity contribution is -0.0276. The fourth-order valence-corrected chi connectivity index (χ4v) is 1.47. The van der Waals surface area contributed by atoms with Crippen molar-refractivity contribution < 1.29 is 18.7 Å². The lowest BCUT2D eigenvalue weighted by Gasteiger charge is -2.16. The minimum Gasteiger partial charge on any atom is -0.364 e. The molecule has 0 radical (unpaired) electrons. The second-order valence-corrected chi connectivity index (χ2v) is 4.94. The third-order valence-electron chi connectivity index (χ3n) is 1.71. The van der Waals surface area contributed by atoms with Gasteiger partial charge in [-0.3, -0.25) is 9.09 Å². The van der Waals surface area contributed by atoms with Crippen molar-refractivity contribution in [2.75, 3.05) is 13.8 Å². The number of aliphatic hydroxyl groups excluding tert-OH is 1. The zero-order valence-electron chi connectivity index (χ0n) is 8.08. The molecular weight excluding hydrogens is 203 g/mol. The van der Waals surface area contributed by atoms with Crippen LogP contribution in [0, 0.1) is 0 Å². The molecule has 0 aliphatic carbocycles. The van der Waals surface area contributed by atoms with Crippen LogP contribution in [0.4, 0.5) is 0 Å². The molecule has 1 rings (SSSR count). The number of hydrogen-bond donors (Lipinski definition) is 1. The summed E-state index contributed by atoms with van der Waals surface area (Å²) in [5.41, 5.74) is 0.548. The summed E-state index contributed by atoms with van der Waals surface area (Å²) in [6.07, 6.45) is -1.22. The number of aliphatic hydroxyl groups is 1. The second kappa shape index (κ2) is 4.71. The van der Waals surface area contributed by atoms with E-state index in [2.05, 4.69) is 4.52 Å². The average Bonchev–Trinajstić information content (AvgIpc) is 2.19. The van der Waals surface area contributed by atoms with Crippen LogP contribution in [-0.4, -0.2) is 18.9 Å². The maximum absolute atomic E-state index is 11.4. The van der Waals surface area contributed by atoms with Crippen LogP contribution in [0.1, 0.15) is 11.9 Å². The van der Waals surface area contributed by atoms with E-state index < -0.39 is 13.9 Å². The van der Waals surface area contributed by atoms with Crippen molar-refractivity contribution in [3.8, 4) is 0 Å². The topological polar surface area (TPSA) is 55.8 Å². The molecule has 2 atom stereocenters. The normalized spacial score (nSPS) is 17.4. The summed E-state index contributed by atoms with van der Waals surface area (Å²) in [7, 11) is -1.87. The summed E-state index contributed by atoms with van der Waals surface area (Å²) in [6, 6.07) is 8.70. The van der Waals surface area contributed by atoms with Crippen molar-refractivity contribution >= 4 is 7.60 Å². The van der Waals surface area contributed by atoms with E-state index >= 15 is 0 Å². The van der Waals surface area contributed by atoms with Gasteiger partial charge in [0.15, 0.2) is 6.29 Å². The van der Waals surface area contributed by atoms with Crippen molar-refractivity contribution in [3.63, 3.8) is 0 Å². The standard InChI is InChI=1S/C9H13O4P/c1-12-14(2,11)13-9(10)8-6-4-3-5-7-8/h3-7,9-10H,1-2H3. The lowest BCUT2D eigenvalue weighted by atomic mass is 10.2. The van der Waals surface area contributed by atoms with Crippen molar-refractivity contribution in [1.82, 2.24) is 0 Å². The highest BCUT2D eigenvalue weighted by Gasteiger charge is 2.20. The Kier molecular flexibility index (Phi) is 3.84. The van der Waals surface area contributed by atoms with Gasteiger partial charge in [0.05, 0.1) is 0 Å². The molecule has 5 heteroatoms. The quantitative estimate of drug-likeness (QED) is 0.619. The second-order valence-electron chi connectivity index (χ2n) is 2.82. The van der Waals surface area contributed by atoms with E-state index in [-0.39, 0.29) is 0 Å². The Balaban J connectivity index is 2.68. The third-order valence-corrected chi connectivity index (χ3v) is 2.95. The lowest BCUT2D eigenvalue weighted by Crippen LogP contribution is -2.01. The Morgan fingerprint density at radius 1 is 1.36 bits per heavy atom. The van der Waals surface area contributed by atoms with Crippen LogP contribution in [-0.2, 0) is 13.6 Å². The van der Waals surface area contributed by atoms with Gasteiger partial charge in [-0.1, -0.05) is 30.3 Å². The summed E-state index contributed by atoms with van der Waals surface area (Å²) in [5, 5.41) is 9.51. The molecule has 1 N–H and O–H groups in total. The highest BCUT2D eigenvalue weighted by Crippen LogP contribution is 2.46. The van der Waals surface area contributed by atoms with Crippen LogP contribution in [0.15, 0.2) is 30.3 Å². The van der Waals surface area contributed by atoms with E-state index in [1.54, 1.807) is 24.3 Å². The van der Waals surface area contributed by atoms with Gasteiger partial charge in [0.1, 0.15) is 0 Å². The Morgan fingerprint density at radius 2 is 1.93 bits per heavy atom. The molecule has 0 saturated carbocycles. The first kappa shape index (κ1) is 11.4. The van der Waals surface area contributed by atoms with Crippen LogP contribution >= 0.6 is 7.60 Å². The third kappa shape index (κ3) is 3.24. The summed E-state index contributed by atoms with van der Waals surface area (Å²) in [4.78, 5) is 0. The van der Waals surface area contributed by atoms with Gasteiger partial charge in [-0.2, -0.15) is 0 Å². The predicted octanol–water partition coefficient (Wildman–Crippen LogP) is 2.16. The van der Waals surface area contributed by atoms with Gasteiger partial charge < -0.3 is 9.63 Å². The van der Waals surface area contributed by atoms with E-state index in [0.717, 1.165) is 0 Å². The largest absolute Gasteiger partial charge is 0.364 e. The van der Waals surface area contributed by atoms with Gasteiger partial charge in [0.25, 0.3) is 0 Å². The van der Waals surface area contributed by atoms with Crippen molar-refractivity contribution in [1.29, 1.82) is 0 Å². The summed E-state index contributed by atoms with van der Waals surface area (Å²) < 4.78 is 20.8. The first-order chi connectivity index (χ1) is 6.55. The average molecular weight is 216 g/mol. The van der Waals surface area contributed by atoms with Crippen LogP contribution in [0.3, 0.4) is 0 Å². The number of benzene rings is 1. The Morgan fingerprint density at radius 3 is 2.43 bits per heavy atom. The number of hydrogen-bond acceptors (Lipinski definition) is 4. The molecule has 14 heavy (non-hydrogen) atoms. The highest BCUT2D eigenvalue weighted by atomic mass is 31.2. The van der Waals surface area contributed by atoms with Gasteiger partial charge in [0, 0.05) is 19.3 Å². The summed E-state index contributed by atoms with van der Waals surface area (Å²) >= 11 is 0. The molecular formula is C9H13O4P. The Labute approximate surface area is 83.0 Å². The molecule has 0 aliphatic rings. The van der Waals surface area contributed by atoms with Crippen molar-refractivity contribution in [3.05, 3.63) is 35.9 Å². The van der Waals surface area contributed by atoms with E-state index in [9.17, 15) is 9.67 Å². The molecule has 0 fully saturated rings. The maximum atomic E-state index is 11.4. The van der Waals surface area contributed by atoms with Crippen LogP contribution < -0.4 is 0 Å². The molecule has 1 aromatic rings. The minimum atomic E-state index is -3.15. The van der Waals surface area contributed by atoms with Crippen LogP contribution in [0.25, 0.3) is 0 Å². The predicted molar refractivity (Wildman–Crippen MR) is 53.0 cm³/mol. The van der Waals surface area contributed by atoms with E-state index in [1.165, 1.54) is 13.8 Å². The van der Waals surface area contributed by atoms with E-state index in [4.69, 9.17) is 4.52 Å². The summed E-state index contributed by atoms with van der Waals surface area (Å²) in [5.74, 6) is 0. The van der Waals surface area contributed by atoms with Crippen molar-refractivity contribution in [2.45, 2.75) is 6.29 Å². The van der Waals surface area contributed by atoms with Gasteiger partial charge >= 0.3 is 7.60 Å². The van der Waals surface area contributed by atoms with E-state index in [0.29, 0.717) is 5.56 Å². The van der Waals surface area contributed by atoms with Crippen LogP contribution in [0.5, 0.6) is 0 Å². The fourth-order valence-electron chi connectivity index (χ4n) is 0.903. The van der Waals surface area contributed by atoms with Crippen molar-refractivity contribution in [2.24, 2.45) is 0 Å². The number of rotatable bonds is 4. The van der Waals surface area contributed by atoms with Crippen LogP contribution in [0.2, 0.25) is 0 Å². The molecule has 0 aromatic heterocycles. The summed E-state index contributed by atoms with van der Waals surface area (Å²) in [6.45, 7) is 1.30. The first-order valence-electron chi connectivity index (χ1n) is 4.10.